The highest BCUT2D eigenvalue weighted by Crippen LogP contribution is 2.43. The zero-order valence-electron chi connectivity index (χ0n) is 7.48. The molecule has 0 aromatic carbocycles. The molecule has 0 atom stereocenters. The molecule has 0 spiro atoms. The van der Waals surface area contributed by atoms with E-state index in [4.69, 9.17) is 0 Å². The minimum absolute atomic E-state index is 0.230. The van der Waals surface area contributed by atoms with Crippen molar-refractivity contribution >= 4 is 0 Å². The Bertz CT molecular complexity index is 173. The van der Waals surface area contributed by atoms with Gasteiger partial charge in [0.05, 0.1) is 0 Å². The van der Waals surface area contributed by atoms with E-state index in [1.54, 1.807) is 23.9 Å². The van der Waals surface area contributed by atoms with Gasteiger partial charge in [0, 0.05) is 26.2 Å². The van der Waals surface area contributed by atoms with Crippen LogP contribution in [0.2, 0.25) is 0 Å². The molecular formula is C8H14F2N2. The normalized spacial score (nSPS) is 50.0. The number of alkyl halides is 2. The lowest BCUT2D eigenvalue weighted by atomic mass is 9.94. The third-order valence-corrected chi connectivity index (χ3v) is 2.89. The first-order valence-electron chi connectivity index (χ1n) is 4.20. The van der Waals surface area contributed by atoms with Gasteiger partial charge < -0.3 is 0 Å². The van der Waals surface area contributed by atoms with E-state index in [1.807, 2.05) is 0 Å². The summed E-state index contributed by atoms with van der Waals surface area (Å²) in [4.78, 5) is 3.46. The molecule has 0 unspecified atom stereocenters. The van der Waals surface area contributed by atoms with E-state index in [2.05, 4.69) is 0 Å². The largest absolute Gasteiger partial charge is 0.300 e. The second kappa shape index (κ2) is 2.17. The van der Waals surface area contributed by atoms with Crippen molar-refractivity contribution in [1.29, 1.82) is 0 Å². The van der Waals surface area contributed by atoms with Crippen LogP contribution in [0.25, 0.3) is 0 Å². The minimum Gasteiger partial charge on any atom is -0.300 e. The molecule has 2 rings (SSSR count). The van der Waals surface area contributed by atoms with Crippen LogP contribution in [0.3, 0.4) is 0 Å². The highest BCUT2D eigenvalue weighted by atomic mass is 19.2. The molecular weight excluding hydrogens is 162 g/mol. The molecule has 0 amide bonds. The zero-order chi connectivity index (χ0) is 8.98. The van der Waals surface area contributed by atoms with E-state index in [-0.39, 0.29) is 26.2 Å². The maximum atomic E-state index is 13.9. The molecule has 0 bridgehead atoms. The van der Waals surface area contributed by atoms with Crippen LogP contribution in [0.1, 0.15) is 0 Å². The van der Waals surface area contributed by atoms with Crippen molar-refractivity contribution in [3.05, 3.63) is 0 Å². The van der Waals surface area contributed by atoms with Gasteiger partial charge in [-0.3, -0.25) is 9.80 Å². The van der Waals surface area contributed by atoms with E-state index in [9.17, 15) is 8.78 Å². The molecule has 2 nitrogen and oxygen atoms in total. The molecule has 70 valence electrons. The van der Waals surface area contributed by atoms with Crippen LogP contribution in [0.4, 0.5) is 8.78 Å². The number of nitrogens with zero attached hydrogens (tertiary/aromatic N) is 2. The SMILES string of the molecule is CN1CC2(F)CN(C)CC2(F)C1. The van der Waals surface area contributed by atoms with Gasteiger partial charge in [0.1, 0.15) is 0 Å². The maximum absolute atomic E-state index is 13.9. The first-order chi connectivity index (χ1) is 5.45. The summed E-state index contributed by atoms with van der Waals surface area (Å²) >= 11 is 0. The topological polar surface area (TPSA) is 6.48 Å². The molecule has 0 aromatic heterocycles. The van der Waals surface area contributed by atoms with Gasteiger partial charge in [-0.25, -0.2) is 8.78 Å². The van der Waals surface area contributed by atoms with E-state index < -0.39 is 11.3 Å². The Balaban J connectivity index is 2.27. The summed E-state index contributed by atoms with van der Waals surface area (Å²) < 4.78 is 27.8. The molecule has 2 aliphatic rings. The average Bonchev–Trinajstić information content (AvgIpc) is 2.09. The van der Waals surface area contributed by atoms with E-state index in [1.165, 1.54) is 0 Å². The van der Waals surface area contributed by atoms with Crippen molar-refractivity contribution < 1.29 is 8.78 Å². The molecule has 2 heterocycles. The third-order valence-electron chi connectivity index (χ3n) is 2.89. The number of hydrogen-bond acceptors (Lipinski definition) is 2. The lowest BCUT2D eigenvalue weighted by Gasteiger charge is -2.22. The lowest BCUT2D eigenvalue weighted by Crippen LogP contribution is -2.44. The number of halogens is 2. The number of fused-ring (bicyclic) bond motifs is 1. The summed E-state index contributed by atoms with van der Waals surface area (Å²) in [5.74, 6) is 0. The quantitative estimate of drug-likeness (QED) is 0.523. The van der Waals surface area contributed by atoms with Gasteiger partial charge in [0.15, 0.2) is 11.3 Å². The first kappa shape index (κ1) is 8.38. The van der Waals surface area contributed by atoms with Crippen LogP contribution in [-0.2, 0) is 0 Å². The summed E-state index contributed by atoms with van der Waals surface area (Å²) in [5.41, 5.74) is -3.26. The Morgan fingerprint density at radius 1 is 0.833 bits per heavy atom. The molecule has 0 N–H and O–H groups in total. The van der Waals surface area contributed by atoms with Crippen LogP contribution >= 0.6 is 0 Å². The van der Waals surface area contributed by atoms with Crippen molar-refractivity contribution in [2.24, 2.45) is 0 Å². The van der Waals surface area contributed by atoms with Crippen LogP contribution in [0.15, 0.2) is 0 Å². The molecule has 0 aliphatic carbocycles. The van der Waals surface area contributed by atoms with Crippen LogP contribution in [0.5, 0.6) is 0 Å². The Morgan fingerprint density at radius 2 is 1.08 bits per heavy atom. The highest BCUT2D eigenvalue weighted by Gasteiger charge is 2.63. The molecule has 12 heavy (non-hydrogen) atoms. The molecule has 0 aromatic rings. The molecule has 0 radical (unpaired) electrons. The van der Waals surface area contributed by atoms with Gasteiger partial charge in [-0.2, -0.15) is 0 Å². The van der Waals surface area contributed by atoms with E-state index in [0.29, 0.717) is 0 Å². The van der Waals surface area contributed by atoms with Gasteiger partial charge in [-0.1, -0.05) is 0 Å². The van der Waals surface area contributed by atoms with Crippen LogP contribution in [-0.4, -0.2) is 61.4 Å². The van der Waals surface area contributed by atoms with Gasteiger partial charge in [0.25, 0.3) is 0 Å². The predicted octanol–water partition coefficient (Wildman–Crippen LogP) is 0.294. The van der Waals surface area contributed by atoms with E-state index in [0.717, 1.165) is 0 Å². The smallest absolute Gasteiger partial charge is 0.172 e. The summed E-state index contributed by atoms with van der Waals surface area (Å²) in [7, 11) is 3.53. The second-order valence-electron chi connectivity index (χ2n) is 4.28. The number of rotatable bonds is 0. The van der Waals surface area contributed by atoms with Crippen molar-refractivity contribution in [2.45, 2.75) is 11.3 Å². The highest BCUT2D eigenvalue weighted by molar-refractivity contribution is 5.16. The molecule has 2 aliphatic heterocycles. The number of hydrogen-bond donors (Lipinski definition) is 0. The predicted molar refractivity (Wildman–Crippen MR) is 42.7 cm³/mol. The monoisotopic (exact) mass is 176 g/mol. The Kier molecular flexibility index (Phi) is 1.52. The third kappa shape index (κ3) is 0.910. The second-order valence-corrected chi connectivity index (χ2v) is 4.28. The van der Waals surface area contributed by atoms with Gasteiger partial charge in [-0.05, 0) is 14.1 Å². The summed E-state index contributed by atoms with van der Waals surface area (Å²) in [6.45, 7) is 0.920. The minimum atomic E-state index is -1.63. The standard InChI is InChI=1S/C8H14F2N2/c1-11-3-7(9)5-12(2)6-8(7,10)4-11/h3-6H2,1-2H3. The van der Waals surface area contributed by atoms with Crippen LogP contribution in [0, 0.1) is 0 Å². The summed E-state index contributed by atoms with van der Waals surface area (Å²) in [6, 6.07) is 0. The van der Waals surface area contributed by atoms with Crippen LogP contribution < -0.4 is 0 Å². The van der Waals surface area contributed by atoms with Crippen molar-refractivity contribution in [1.82, 2.24) is 9.80 Å². The van der Waals surface area contributed by atoms with Gasteiger partial charge >= 0.3 is 0 Å². The number of likely N-dealkylation sites (tertiary alicyclic amines) is 2. The molecule has 0 saturated carbocycles. The fourth-order valence-electron chi connectivity index (χ4n) is 2.49. The lowest BCUT2D eigenvalue weighted by molar-refractivity contribution is 0.0491. The van der Waals surface area contributed by atoms with E-state index >= 15 is 0 Å². The van der Waals surface area contributed by atoms with Gasteiger partial charge in [0.2, 0.25) is 0 Å². The van der Waals surface area contributed by atoms with Crippen molar-refractivity contribution in [2.75, 3.05) is 40.3 Å². The average molecular weight is 176 g/mol. The maximum Gasteiger partial charge on any atom is 0.172 e. The fraction of sp³-hybridized carbons (Fsp3) is 1.00. The van der Waals surface area contributed by atoms with Crippen molar-refractivity contribution in [3.8, 4) is 0 Å². The molecule has 4 heteroatoms. The first-order valence-corrected chi connectivity index (χ1v) is 4.20. The van der Waals surface area contributed by atoms with Gasteiger partial charge in [-0.15, -0.1) is 0 Å². The summed E-state index contributed by atoms with van der Waals surface area (Å²) in [6.07, 6.45) is 0. The molecule has 2 fully saturated rings. The Labute approximate surface area is 71.1 Å². The molecule has 2 saturated heterocycles. The fourth-order valence-corrected chi connectivity index (χ4v) is 2.49. The Morgan fingerprint density at radius 3 is 1.33 bits per heavy atom. The summed E-state index contributed by atoms with van der Waals surface area (Å²) in [5, 5.41) is 0. The zero-order valence-corrected chi connectivity index (χ0v) is 7.48. The van der Waals surface area contributed by atoms with Crippen molar-refractivity contribution in [3.63, 3.8) is 0 Å². The Hall–Kier alpha value is -0.220.